The number of fused-ring (bicyclic) bond motifs is 1. The van der Waals surface area contributed by atoms with Crippen LogP contribution in [0.2, 0.25) is 0 Å². The first-order chi connectivity index (χ1) is 12.2. The molecule has 0 amide bonds. The maximum absolute atomic E-state index is 13.5. The summed E-state index contributed by atoms with van der Waals surface area (Å²) in [5.41, 5.74) is 2.85. The van der Waals surface area contributed by atoms with Crippen molar-refractivity contribution in [3.63, 3.8) is 0 Å². The van der Waals surface area contributed by atoms with E-state index in [-0.39, 0.29) is 5.82 Å². The first kappa shape index (κ1) is 15.9. The maximum atomic E-state index is 13.5. The molecule has 1 saturated heterocycles. The third-order valence-electron chi connectivity index (χ3n) is 4.59. The summed E-state index contributed by atoms with van der Waals surface area (Å²) in [5.74, 6) is 0.552. The number of piperazine rings is 1. The van der Waals surface area contributed by atoms with Crippen molar-refractivity contribution in [3.05, 3.63) is 59.8 Å². The van der Waals surface area contributed by atoms with Crippen LogP contribution >= 0.6 is 0 Å². The zero-order valence-corrected chi connectivity index (χ0v) is 14.2. The van der Waals surface area contributed by atoms with E-state index in [0.29, 0.717) is 0 Å². The van der Waals surface area contributed by atoms with Crippen LogP contribution in [-0.4, -0.2) is 46.0 Å². The number of halogens is 1. The van der Waals surface area contributed by atoms with E-state index in [4.69, 9.17) is 0 Å². The topological polar surface area (TPSA) is 45.2 Å². The van der Waals surface area contributed by atoms with Gasteiger partial charge in [0, 0.05) is 62.3 Å². The Bertz CT molecular complexity index is 870. The van der Waals surface area contributed by atoms with Gasteiger partial charge in [-0.05, 0) is 36.8 Å². The number of pyridine rings is 1. The van der Waals surface area contributed by atoms with Crippen molar-refractivity contribution >= 4 is 16.9 Å². The van der Waals surface area contributed by atoms with E-state index < -0.39 is 0 Å². The molecule has 0 bridgehead atoms. The van der Waals surface area contributed by atoms with E-state index in [2.05, 4.69) is 30.8 Å². The molecule has 1 aliphatic heterocycles. The lowest BCUT2D eigenvalue weighted by molar-refractivity contribution is 0.249. The van der Waals surface area contributed by atoms with E-state index in [1.807, 2.05) is 19.1 Å². The number of aromatic nitrogens is 3. The SMILES string of the molecule is Cc1cc(CN2CCN(c3ncccn3)CC2)c2ccc(F)cc2n1. The summed E-state index contributed by atoms with van der Waals surface area (Å²) in [6.07, 6.45) is 3.56. The smallest absolute Gasteiger partial charge is 0.225 e. The van der Waals surface area contributed by atoms with E-state index >= 15 is 0 Å². The Balaban J connectivity index is 1.49. The van der Waals surface area contributed by atoms with Crippen molar-refractivity contribution in [1.82, 2.24) is 19.9 Å². The Morgan fingerprint density at radius 3 is 2.56 bits per heavy atom. The number of nitrogens with zero attached hydrogens (tertiary/aromatic N) is 5. The van der Waals surface area contributed by atoms with Gasteiger partial charge in [0.2, 0.25) is 5.95 Å². The van der Waals surface area contributed by atoms with Gasteiger partial charge < -0.3 is 4.90 Å². The fourth-order valence-corrected chi connectivity index (χ4v) is 3.35. The third kappa shape index (κ3) is 3.44. The van der Waals surface area contributed by atoms with Gasteiger partial charge in [0.05, 0.1) is 5.52 Å². The summed E-state index contributed by atoms with van der Waals surface area (Å²) in [6, 6.07) is 8.79. The first-order valence-corrected chi connectivity index (χ1v) is 8.49. The molecule has 3 aromatic rings. The molecule has 25 heavy (non-hydrogen) atoms. The van der Waals surface area contributed by atoms with E-state index in [9.17, 15) is 4.39 Å². The van der Waals surface area contributed by atoms with Crippen LogP contribution in [0.5, 0.6) is 0 Å². The molecule has 0 N–H and O–H groups in total. The summed E-state index contributed by atoms with van der Waals surface area (Å²) in [5, 5.41) is 1.03. The van der Waals surface area contributed by atoms with Gasteiger partial charge in [-0.1, -0.05) is 0 Å². The van der Waals surface area contributed by atoms with Crippen LogP contribution in [0.1, 0.15) is 11.3 Å². The Kier molecular flexibility index (Phi) is 4.28. The molecule has 2 aromatic heterocycles. The molecule has 6 heteroatoms. The predicted molar refractivity (Wildman–Crippen MR) is 96.0 cm³/mol. The molecule has 1 aliphatic rings. The van der Waals surface area contributed by atoms with Gasteiger partial charge in [-0.2, -0.15) is 0 Å². The van der Waals surface area contributed by atoms with Gasteiger partial charge in [-0.15, -0.1) is 0 Å². The largest absolute Gasteiger partial charge is 0.338 e. The molecule has 0 saturated carbocycles. The quantitative estimate of drug-likeness (QED) is 0.735. The van der Waals surface area contributed by atoms with Gasteiger partial charge in [0.1, 0.15) is 5.82 Å². The van der Waals surface area contributed by atoms with E-state index in [1.54, 1.807) is 12.4 Å². The number of hydrogen-bond acceptors (Lipinski definition) is 5. The molecule has 5 nitrogen and oxygen atoms in total. The standard InChI is InChI=1S/C19H20FN5/c1-14-11-15(17-4-3-16(20)12-18(17)23-14)13-24-7-9-25(10-8-24)19-21-5-2-6-22-19/h2-6,11-12H,7-10,13H2,1H3. The number of anilines is 1. The molecule has 1 aromatic carbocycles. The first-order valence-electron chi connectivity index (χ1n) is 8.49. The number of hydrogen-bond donors (Lipinski definition) is 0. The number of rotatable bonds is 3. The summed E-state index contributed by atoms with van der Waals surface area (Å²) >= 11 is 0. The second-order valence-electron chi connectivity index (χ2n) is 6.40. The molecule has 0 atom stereocenters. The predicted octanol–water partition coefficient (Wildman–Crippen LogP) is 2.79. The lowest BCUT2D eigenvalue weighted by Gasteiger charge is -2.34. The molecule has 0 spiro atoms. The van der Waals surface area contributed by atoms with Crippen molar-refractivity contribution in [2.45, 2.75) is 13.5 Å². The second-order valence-corrected chi connectivity index (χ2v) is 6.40. The molecule has 1 fully saturated rings. The average Bonchev–Trinajstić information content (AvgIpc) is 2.62. The average molecular weight is 337 g/mol. The highest BCUT2D eigenvalue weighted by molar-refractivity contribution is 5.82. The molecule has 3 heterocycles. The number of aryl methyl sites for hydroxylation is 1. The molecule has 0 unspecified atom stereocenters. The zero-order valence-electron chi connectivity index (χ0n) is 14.2. The van der Waals surface area contributed by atoms with Crippen LogP contribution in [0, 0.1) is 12.7 Å². The molecule has 0 radical (unpaired) electrons. The van der Waals surface area contributed by atoms with Gasteiger partial charge >= 0.3 is 0 Å². The van der Waals surface area contributed by atoms with E-state index in [0.717, 1.165) is 55.3 Å². The van der Waals surface area contributed by atoms with Crippen molar-refractivity contribution in [2.75, 3.05) is 31.1 Å². The van der Waals surface area contributed by atoms with Gasteiger partial charge in [0.15, 0.2) is 0 Å². The molecule has 0 aliphatic carbocycles. The fourth-order valence-electron chi connectivity index (χ4n) is 3.35. The van der Waals surface area contributed by atoms with Crippen LogP contribution in [0.4, 0.5) is 10.3 Å². The Hall–Kier alpha value is -2.60. The van der Waals surface area contributed by atoms with Crippen LogP contribution in [0.3, 0.4) is 0 Å². The number of benzene rings is 1. The lowest BCUT2D eigenvalue weighted by Crippen LogP contribution is -2.46. The summed E-state index contributed by atoms with van der Waals surface area (Å²) in [6.45, 7) is 6.50. The van der Waals surface area contributed by atoms with Crippen LogP contribution < -0.4 is 4.90 Å². The highest BCUT2D eigenvalue weighted by Gasteiger charge is 2.19. The normalized spacial score (nSPS) is 15.7. The highest BCUT2D eigenvalue weighted by Crippen LogP contribution is 2.22. The van der Waals surface area contributed by atoms with Crippen LogP contribution in [0.25, 0.3) is 10.9 Å². The summed E-state index contributed by atoms with van der Waals surface area (Å²) in [7, 11) is 0. The minimum absolute atomic E-state index is 0.243. The van der Waals surface area contributed by atoms with Crippen molar-refractivity contribution in [2.24, 2.45) is 0 Å². The monoisotopic (exact) mass is 337 g/mol. The van der Waals surface area contributed by atoms with Gasteiger partial charge in [-0.25, -0.2) is 14.4 Å². The highest BCUT2D eigenvalue weighted by atomic mass is 19.1. The Morgan fingerprint density at radius 2 is 1.80 bits per heavy atom. The summed E-state index contributed by atoms with van der Waals surface area (Å²) in [4.78, 5) is 17.7. The maximum Gasteiger partial charge on any atom is 0.225 e. The lowest BCUT2D eigenvalue weighted by atomic mass is 10.1. The van der Waals surface area contributed by atoms with Gasteiger partial charge in [0.25, 0.3) is 0 Å². The Morgan fingerprint density at radius 1 is 1.04 bits per heavy atom. The zero-order chi connectivity index (χ0) is 17.2. The van der Waals surface area contributed by atoms with Crippen molar-refractivity contribution in [1.29, 1.82) is 0 Å². The molecular formula is C19H20FN5. The van der Waals surface area contributed by atoms with E-state index in [1.165, 1.54) is 17.7 Å². The Labute approximate surface area is 146 Å². The molecule has 4 rings (SSSR count). The third-order valence-corrected chi connectivity index (χ3v) is 4.59. The fraction of sp³-hybridized carbons (Fsp3) is 0.316. The van der Waals surface area contributed by atoms with Crippen molar-refractivity contribution in [3.8, 4) is 0 Å². The minimum atomic E-state index is -0.243. The van der Waals surface area contributed by atoms with Gasteiger partial charge in [-0.3, -0.25) is 9.88 Å². The molecular weight excluding hydrogens is 317 g/mol. The van der Waals surface area contributed by atoms with Crippen molar-refractivity contribution < 1.29 is 4.39 Å². The molecule has 128 valence electrons. The van der Waals surface area contributed by atoms with Crippen LogP contribution in [-0.2, 0) is 6.54 Å². The summed E-state index contributed by atoms with van der Waals surface area (Å²) < 4.78 is 13.5. The van der Waals surface area contributed by atoms with Crippen LogP contribution in [0.15, 0.2) is 42.7 Å². The minimum Gasteiger partial charge on any atom is -0.338 e. The second kappa shape index (κ2) is 6.72.